The van der Waals surface area contributed by atoms with Crippen LogP contribution in [0.5, 0.6) is 0 Å². The maximum absolute atomic E-state index is 9.91. The average Bonchev–Trinajstić information content (AvgIpc) is 2.97. The molecule has 0 bridgehead atoms. The molecule has 3 aromatic rings. The lowest BCUT2D eigenvalue weighted by atomic mass is 9.97. The maximum atomic E-state index is 9.91. The first-order valence-electron chi connectivity index (χ1n) is 9.26. The van der Waals surface area contributed by atoms with Gasteiger partial charge in [-0.3, -0.25) is 0 Å². The molecule has 0 saturated heterocycles. The van der Waals surface area contributed by atoms with Gasteiger partial charge in [-0.05, 0) is 63.6 Å². The van der Waals surface area contributed by atoms with Gasteiger partial charge in [0.05, 0.1) is 12.2 Å². The second-order valence-corrected chi connectivity index (χ2v) is 7.49. The van der Waals surface area contributed by atoms with Crippen LogP contribution in [0.15, 0.2) is 48.5 Å². The summed E-state index contributed by atoms with van der Waals surface area (Å²) in [6.07, 6.45) is 1.04. The van der Waals surface area contributed by atoms with Crippen molar-refractivity contribution in [1.82, 2.24) is 5.32 Å². The molecule has 0 aliphatic heterocycles. The molecule has 3 aromatic carbocycles. The summed E-state index contributed by atoms with van der Waals surface area (Å²) in [7, 11) is 0. The number of aryl methyl sites for hydroxylation is 1. The third kappa shape index (κ3) is 2.82. The van der Waals surface area contributed by atoms with E-state index in [9.17, 15) is 5.11 Å². The van der Waals surface area contributed by atoms with E-state index >= 15 is 0 Å². The van der Waals surface area contributed by atoms with Crippen LogP contribution < -0.4 is 5.32 Å². The first-order chi connectivity index (χ1) is 12.5. The second kappa shape index (κ2) is 6.51. The van der Waals surface area contributed by atoms with E-state index in [0.29, 0.717) is 13.1 Å². The monoisotopic (exact) mass is 347 g/mol. The number of aliphatic hydroxyl groups excluding tert-OH is 1. The third-order valence-corrected chi connectivity index (χ3v) is 5.35. The average molecular weight is 347 g/mol. The SMILES string of the molecule is CCc1ccc2c3c(cccc13)-c1ccc(CNCC(C)(O)CO)cc1-2. The Morgan fingerprint density at radius 2 is 1.73 bits per heavy atom. The highest BCUT2D eigenvalue weighted by atomic mass is 16.3. The highest BCUT2D eigenvalue weighted by Crippen LogP contribution is 2.48. The Morgan fingerprint density at radius 1 is 0.962 bits per heavy atom. The van der Waals surface area contributed by atoms with Gasteiger partial charge in [0, 0.05) is 13.1 Å². The predicted octanol–water partition coefficient (Wildman–Crippen LogP) is 3.88. The Hall–Kier alpha value is -2.20. The van der Waals surface area contributed by atoms with Gasteiger partial charge in [-0.1, -0.05) is 49.4 Å². The second-order valence-electron chi connectivity index (χ2n) is 7.49. The number of fused-ring (bicyclic) bond motifs is 3. The van der Waals surface area contributed by atoms with Crippen molar-refractivity contribution in [2.75, 3.05) is 13.2 Å². The van der Waals surface area contributed by atoms with E-state index < -0.39 is 5.60 Å². The van der Waals surface area contributed by atoms with Gasteiger partial charge >= 0.3 is 0 Å². The molecule has 0 amide bonds. The van der Waals surface area contributed by atoms with Crippen LogP contribution in [0.4, 0.5) is 0 Å². The van der Waals surface area contributed by atoms with E-state index in [2.05, 4.69) is 60.8 Å². The third-order valence-electron chi connectivity index (χ3n) is 5.35. The Balaban J connectivity index is 1.69. The lowest BCUT2D eigenvalue weighted by molar-refractivity contribution is 0.00254. The largest absolute Gasteiger partial charge is 0.393 e. The van der Waals surface area contributed by atoms with Crippen LogP contribution in [0.25, 0.3) is 33.0 Å². The quantitative estimate of drug-likeness (QED) is 0.496. The predicted molar refractivity (Wildman–Crippen MR) is 107 cm³/mol. The van der Waals surface area contributed by atoms with Crippen molar-refractivity contribution in [3.8, 4) is 22.3 Å². The molecule has 134 valence electrons. The summed E-state index contributed by atoms with van der Waals surface area (Å²) in [6, 6.07) is 17.7. The topological polar surface area (TPSA) is 52.5 Å². The fourth-order valence-corrected chi connectivity index (χ4v) is 3.92. The van der Waals surface area contributed by atoms with Gasteiger partial charge in [-0.25, -0.2) is 0 Å². The minimum absolute atomic E-state index is 0.249. The summed E-state index contributed by atoms with van der Waals surface area (Å²) in [6.45, 7) is 4.61. The van der Waals surface area contributed by atoms with Crippen molar-refractivity contribution in [3.05, 3.63) is 59.7 Å². The molecule has 4 rings (SSSR count). The molecule has 26 heavy (non-hydrogen) atoms. The van der Waals surface area contributed by atoms with Gasteiger partial charge in [-0.15, -0.1) is 0 Å². The lowest BCUT2D eigenvalue weighted by Gasteiger charge is -2.20. The summed E-state index contributed by atoms with van der Waals surface area (Å²) in [5.41, 5.74) is 6.70. The summed E-state index contributed by atoms with van der Waals surface area (Å²) in [4.78, 5) is 0. The molecule has 3 nitrogen and oxygen atoms in total. The molecular weight excluding hydrogens is 322 g/mol. The molecule has 3 N–H and O–H groups in total. The molecule has 0 spiro atoms. The normalized spacial score (nSPS) is 14.5. The van der Waals surface area contributed by atoms with E-state index in [4.69, 9.17) is 5.11 Å². The molecule has 0 aromatic heterocycles. The number of hydrogen-bond donors (Lipinski definition) is 3. The number of benzene rings is 3. The van der Waals surface area contributed by atoms with Crippen LogP contribution in [-0.2, 0) is 13.0 Å². The first-order valence-corrected chi connectivity index (χ1v) is 9.26. The smallest absolute Gasteiger partial charge is 0.0972 e. The molecule has 3 heteroatoms. The molecule has 0 heterocycles. The van der Waals surface area contributed by atoms with Gasteiger partial charge in [0.15, 0.2) is 0 Å². The van der Waals surface area contributed by atoms with E-state index in [1.54, 1.807) is 6.92 Å². The number of nitrogens with one attached hydrogen (secondary N) is 1. The van der Waals surface area contributed by atoms with Crippen molar-refractivity contribution < 1.29 is 10.2 Å². The Morgan fingerprint density at radius 3 is 2.50 bits per heavy atom. The van der Waals surface area contributed by atoms with E-state index in [0.717, 1.165) is 6.42 Å². The summed E-state index contributed by atoms with van der Waals surface area (Å²) < 4.78 is 0. The van der Waals surface area contributed by atoms with Crippen molar-refractivity contribution in [3.63, 3.8) is 0 Å². The summed E-state index contributed by atoms with van der Waals surface area (Å²) in [5.74, 6) is 0. The minimum Gasteiger partial charge on any atom is -0.393 e. The Kier molecular flexibility index (Phi) is 4.31. The molecule has 0 fully saturated rings. The van der Waals surface area contributed by atoms with Crippen LogP contribution in [0.1, 0.15) is 25.0 Å². The molecule has 0 saturated carbocycles. The van der Waals surface area contributed by atoms with Crippen molar-refractivity contribution in [2.45, 2.75) is 32.4 Å². The number of hydrogen-bond acceptors (Lipinski definition) is 3. The fraction of sp³-hybridized carbons (Fsp3) is 0.304. The summed E-state index contributed by atoms with van der Waals surface area (Å²) >= 11 is 0. The minimum atomic E-state index is -1.09. The zero-order valence-electron chi connectivity index (χ0n) is 15.3. The zero-order chi connectivity index (χ0) is 18.3. The Bertz CT molecular complexity index is 975. The maximum Gasteiger partial charge on any atom is 0.0972 e. The van der Waals surface area contributed by atoms with Crippen molar-refractivity contribution in [2.24, 2.45) is 0 Å². The van der Waals surface area contributed by atoms with Crippen LogP contribution >= 0.6 is 0 Å². The van der Waals surface area contributed by atoms with Gasteiger partial charge in [0.25, 0.3) is 0 Å². The van der Waals surface area contributed by atoms with Gasteiger partial charge < -0.3 is 15.5 Å². The Labute approximate surface area is 154 Å². The highest BCUT2D eigenvalue weighted by molar-refractivity contribution is 6.16. The van der Waals surface area contributed by atoms with Crippen molar-refractivity contribution >= 4 is 10.8 Å². The molecule has 0 radical (unpaired) electrons. The molecule has 1 aliphatic rings. The first kappa shape index (κ1) is 17.2. The van der Waals surface area contributed by atoms with Gasteiger partial charge in [-0.2, -0.15) is 0 Å². The molecular formula is C23H25NO2. The van der Waals surface area contributed by atoms with Crippen molar-refractivity contribution in [1.29, 1.82) is 0 Å². The molecule has 1 atom stereocenters. The van der Waals surface area contributed by atoms with Gasteiger partial charge in [0.1, 0.15) is 0 Å². The lowest BCUT2D eigenvalue weighted by Crippen LogP contribution is -2.40. The molecule has 1 aliphatic carbocycles. The zero-order valence-corrected chi connectivity index (χ0v) is 15.3. The van der Waals surface area contributed by atoms with Gasteiger partial charge in [0.2, 0.25) is 0 Å². The highest BCUT2D eigenvalue weighted by Gasteiger charge is 2.22. The van der Waals surface area contributed by atoms with Crippen LogP contribution in [0.2, 0.25) is 0 Å². The van der Waals surface area contributed by atoms with E-state index in [-0.39, 0.29) is 6.61 Å². The summed E-state index contributed by atoms with van der Waals surface area (Å²) in [5, 5.41) is 25.0. The van der Waals surface area contributed by atoms with E-state index in [1.165, 1.54) is 44.2 Å². The number of rotatable bonds is 6. The fourth-order valence-electron chi connectivity index (χ4n) is 3.92. The van der Waals surface area contributed by atoms with Crippen LogP contribution in [-0.4, -0.2) is 29.0 Å². The molecule has 1 unspecified atom stereocenters. The van der Waals surface area contributed by atoms with E-state index in [1.807, 2.05) is 0 Å². The van der Waals surface area contributed by atoms with Crippen LogP contribution in [0.3, 0.4) is 0 Å². The number of aliphatic hydroxyl groups is 2. The van der Waals surface area contributed by atoms with Crippen LogP contribution in [0, 0.1) is 0 Å². The standard InChI is InChI=1S/C23H25NO2/c1-3-16-8-10-20-21-11-15(12-24-13-23(2,26)14-25)7-9-18(21)19-6-4-5-17(16)22(19)20/h4-11,24-26H,3,12-14H2,1-2H3.